The lowest BCUT2D eigenvalue weighted by molar-refractivity contribution is 0.0760. The van der Waals surface area contributed by atoms with Gasteiger partial charge in [0.1, 0.15) is 17.3 Å². The maximum absolute atomic E-state index is 13.8. The van der Waals surface area contributed by atoms with Crippen LogP contribution >= 0.6 is 12.4 Å². The molecule has 0 spiro atoms. The van der Waals surface area contributed by atoms with E-state index in [1.54, 1.807) is 19.1 Å². The Balaban J connectivity index is 0.00000218. The molecule has 3 atom stereocenters. The summed E-state index contributed by atoms with van der Waals surface area (Å²) in [6.07, 6.45) is 1.97. The molecule has 1 aromatic heterocycles. The molecule has 1 aliphatic carbocycles. The van der Waals surface area contributed by atoms with E-state index in [9.17, 15) is 14.0 Å². The van der Waals surface area contributed by atoms with Crippen LogP contribution in [0.5, 0.6) is 0 Å². The molecule has 1 amide bonds. The van der Waals surface area contributed by atoms with Gasteiger partial charge in [0.05, 0.1) is 11.1 Å². The van der Waals surface area contributed by atoms with Gasteiger partial charge in [0.2, 0.25) is 0 Å². The van der Waals surface area contributed by atoms with Gasteiger partial charge in [0.15, 0.2) is 5.78 Å². The second-order valence-electron chi connectivity index (χ2n) is 8.68. The molecular formula is C23H26ClFN2O3. The number of Topliss-reactive ketones (excluding diaryl/α,β-unsaturated/α-hetero) is 1. The van der Waals surface area contributed by atoms with Gasteiger partial charge in [0.25, 0.3) is 5.91 Å². The molecule has 2 fully saturated rings. The van der Waals surface area contributed by atoms with E-state index in [1.165, 1.54) is 6.07 Å². The van der Waals surface area contributed by atoms with Crippen LogP contribution in [-0.2, 0) is 6.42 Å². The summed E-state index contributed by atoms with van der Waals surface area (Å²) in [4.78, 5) is 30.0. The Morgan fingerprint density at radius 2 is 2.00 bits per heavy atom. The number of likely N-dealkylation sites (tertiary alicyclic amines) is 2. The normalized spacial score (nSPS) is 25.8. The first-order valence-electron chi connectivity index (χ1n) is 10.3. The first-order chi connectivity index (χ1) is 13.9. The Bertz CT molecular complexity index is 1000. The largest absolute Gasteiger partial charge is 0.465 e. The minimum absolute atomic E-state index is 0. The Morgan fingerprint density at radius 1 is 1.20 bits per heavy atom. The van der Waals surface area contributed by atoms with Crippen molar-refractivity contribution >= 4 is 24.1 Å². The van der Waals surface area contributed by atoms with Crippen LogP contribution in [-0.4, -0.2) is 48.2 Å². The van der Waals surface area contributed by atoms with Crippen LogP contribution in [0.25, 0.3) is 0 Å². The highest BCUT2D eigenvalue weighted by Gasteiger charge is 2.48. The van der Waals surface area contributed by atoms with Gasteiger partial charge in [0, 0.05) is 44.4 Å². The van der Waals surface area contributed by atoms with Gasteiger partial charge in [-0.1, -0.05) is 12.1 Å². The average molecular weight is 433 g/mol. The third kappa shape index (κ3) is 3.26. The van der Waals surface area contributed by atoms with Crippen molar-refractivity contribution in [1.82, 2.24) is 9.80 Å². The lowest BCUT2D eigenvalue weighted by atomic mass is 9.89. The molecule has 2 saturated heterocycles. The summed E-state index contributed by atoms with van der Waals surface area (Å²) in [7, 11) is 2.06. The van der Waals surface area contributed by atoms with E-state index >= 15 is 0 Å². The van der Waals surface area contributed by atoms with Crippen LogP contribution < -0.4 is 0 Å². The van der Waals surface area contributed by atoms with E-state index in [0.717, 1.165) is 18.5 Å². The fourth-order valence-corrected chi connectivity index (χ4v) is 5.64. The van der Waals surface area contributed by atoms with Crippen molar-refractivity contribution in [1.29, 1.82) is 0 Å². The summed E-state index contributed by atoms with van der Waals surface area (Å²) >= 11 is 0. The number of carbonyl (C=O) groups excluding carboxylic acids is 2. The van der Waals surface area contributed by atoms with E-state index in [0.29, 0.717) is 54.5 Å². The van der Waals surface area contributed by atoms with Crippen LogP contribution in [0.2, 0.25) is 0 Å². The SMILES string of the molecule is Cc1oc2c(c1C(=O)N1C[C@@H]3CN(C)[C@@H](c4cccc(F)c4)[C@@H]3C1)C(=O)CCC2.Cl. The van der Waals surface area contributed by atoms with E-state index in [2.05, 4.69) is 11.9 Å². The number of fused-ring (bicyclic) bond motifs is 2. The topological polar surface area (TPSA) is 53.8 Å². The monoisotopic (exact) mass is 432 g/mol. The number of benzene rings is 1. The Kier molecular flexibility index (Phi) is 5.49. The van der Waals surface area contributed by atoms with Crippen molar-refractivity contribution < 1.29 is 18.4 Å². The third-order valence-corrected chi connectivity index (χ3v) is 6.83. The van der Waals surface area contributed by atoms with Gasteiger partial charge < -0.3 is 9.32 Å². The lowest BCUT2D eigenvalue weighted by Crippen LogP contribution is -2.34. The molecule has 3 heterocycles. The summed E-state index contributed by atoms with van der Waals surface area (Å²) in [5, 5.41) is 0. The summed E-state index contributed by atoms with van der Waals surface area (Å²) < 4.78 is 19.6. The number of rotatable bonds is 2. The molecule has 0 saturated carbocycles. The zero-order valence-electron chi connectivity index (χ0n) is 17.2. The molecule has 2 aromatic rings. The highest BCUT2D eigenvalue weighted by molar-refractivity contribution is 6.10. The summed E-state index contributed by atoms with van der Waals surface area (Å²) in [6, 6.07) is 6.86. The highest BCUT2D eigenvalue weighted by Crippen LogP contribution is 2.45. The molecule has 0 radical (unpaired) electrons. The second-order valence-corrected chi connectivity index (χ2v) is 8.68. The zero-order chi connectivity index (χ0) is 20.3. The lowest BCUT2D eigenvalue weighted by Gasteiger charge is -2.27. The number of carbonyl (C=O) groups is 2. The number of ketones is 1. The number of furan rings is 1. The Labute approximate surface area is 181 Å². The number of amides is 1. The minimum atomic E-state index is -0.232. The van der Waals surface area contributed by atoms with Gasteiger partial charge in [-0.3, -0.25) is 14.5 Å². The molecule has 0 unspecified atom stereocenters. The highest BCUT2D eigenvalue weighted by atomic mass is 35.5. The second kappa shape index (κ2) is 7.82. The van der Waals surface area contributed by atoms with Crippen LogP contribution in [0.3, 0.4) is 0 Å². The molecule has 0 N–H and O–H groups in total. The molecule has 3 aliphatic rings. The number of hydrogen-bond acceptors (Lipinski definition) is 4. The quantitative estimate of drug-likeness (QED) is 0.718. The van der Waals surface area contributed by atoms with Crippen LogP contribution in [0.4, 0.5) is 4.39 Å². The zero-order valence-corrected chi connectivity index (χ0v) is 18.0. The molecule has 0 bridgehead atoms. The molecule has 1 aromatic carbocycles. The van der Waals surface area contributed by atoms with E-state index in [-0.39, 0.29) is 41.9 Å². The van der Waals surface area contributed by atoms with Gasteiger partial charge in [-0.2, -0.15) is 0 Å². The molecular weight excluding hydrogens is 407 g/mol. The van der Waals surface area contributed by atoms with Crippen LogP contribution in [0, 0.1) is 24.6 Å². The van der Waals surface area contributed by atoms with Crippen molar-refractivity contribution in [3.63, 3.8) is 0 Å². The summed E-state index contributed by atoms with van der Waals surface area (Å²) in [6.45, 7) is 3.92. The van der Waals surface area contributed by atoms with Crippen molar-refractivity contribution in [2.24, 2.45) is 11.8 Å². The van der Waals surface area contributed by atoms with E-state index < -0.39 is 0 Å². The van der Waals surface area contributed by atoms with Crippen LogP contribution in [0.15, 0.2) is 28.7 Å². The molecule has 160 valence electrons. The fraction of sp³-hybridized carbons (Fsp3) is 0.478. The molecule has 2 aliphatic heterocycles. The van der Waals surface area contributed by atoms with E-state index in [1.807, 2.05) is 11.0 Å². The molecule has 30 heavy (non-hydrogen) atoms. The Hall–Kier alpha value is -2.18. The standard InChI is InChI=1S/C23H25FN2O3.ClH/c1-13-20(21-18(27)7-4-8-19(21)29-13)23(28)26-11-15-10-25(2)22(17(15)12-26)14-5-3-6-16(24)9-14;/h3,5-6,9,15,17,22H,4,7-8,10-12H2,1-2H3;1H/t15-,17+,22-;/m0./s1. The first kappa shape index (κ1) is 21.1. The van der Waals surface area contributed by atoms with Gasteiger partial charge in [-0.15, -0.1) is 12.4 Å². The summed E-state index contributed by atoms with van der Waals surface area (Å²) in [5.74, 6) is 1.50. The predicted octanol–water partition coefficient (Wildman–Crippen LogP) is 4.04. The maximum Gasteiger partial charge on any atom is 0.258 e. The first-order valence-corrected chi connectivity index (χ1v) is 10.3. The van der Waals surface area contributed by atoms with Crippen molar-refractivity contribution in [2.45, 2.75) is 32.2 Å². The fourth-order valence-electron chi connectivity index (χ4n) is 5.64. The Morgan fingerprint density at radius 3 is 2.77 bits per heavy atom. The molecule has 7 heteroatoms. The van der Waals surface area contributed by atoms with Gasteiger partial charge in [-0.25, -0.2) is 4.39 Å². The third-order valence-electron chi connectivity index (χ3n) is 6.83. The number of nitrogens with zero attached hydrogens (tertiary/aromatic N) is 2. The number of aryl methyl sites for hydroxylation is 2. The smallest absolute Gasteiger partial charge is 0.258 e. The van der Waals surface area contributed by atoms with Crippen molar-refractivity contribution in [3.8, 4) is 0 Å². The number of hydrogen-bond donors (Lipinski definition) is 0. The van der Waals surface area contributed by atoms with Gasteiger partial charge >= 0.3 is 0 Å². The predicted molar refractivity (Wildman–Crippen MR) is 113 cm³/mol. The number of halogens is 2. The average Bonchev–Trinajstić information content (AvgIpc) is 3.31. The summed E-state index contributed by atoms with van der Waals surface area (Å²) in [5.41, 5.74) is 1.93. The van der Waals surface area contributed by atoms with Crippen molar-refractivity contribution in [2.75, 3.05) is 26.7 Å². The van der Waals surface area contributed by atoms with Crippen LogP contribution in [0.1, 0.15) is 56.7 Å². The van der Waals surface area contributed by atoms with Crippen molar-refractivity contribution in [3.05, 3.63) is 58.3 Å². The van der Waals surface area contributed by atoms with E-state index in [4.69, 9.17) is 4.42 Å². The van der Waals surface area contributed by atoms with Gasteiger partial charge in [-0.05, 0) is 44.0 Å². The maximum atomic E-state index is 13.8. The molecule has 5 nitrogen and oxygen atoms in total. The minimum Gasteiger partial charge on any atom is -0.465 e. The molecule has 5 rings (SSSR count).